The fraction of sp³-hybridized carbons (Fsp3) is 0.0182. The monoisotopic (exact) mass is 754 g/mol. The lowest BCUT2D eigenvalue weighted by atomic mass is 9.96. The molecule has 0 aliphatic rings. The Hall–Kier alpha value is -7.82. The Morgan fingerprint density at radius 1 is 0.373 bits per heavy atom. The van der Waals surface area contributed by atoms with Gasteiger partial charge in [0.1, 0.15) is 11.5 Å². The highest BCUT2D eigenvalue weighted by Crippen LogP contribution is 2.40. The number of pyridine rings is 2. The summed E-state index contributed by atoms with van der Waals surface area (Å²) >= 11 is 0. The topological polar surface area (TPSA) is 33.4 Å². The molecule has 4 heteroatoms. The highest BCUT2D eigenvalue weighted by molar-refractivity contribution is 6.14. The van der Waals surface area contributed by atoms with Gasteiger partial charge in [0.05, 0.1) is 22.2 Å². The summed E-state index contributed by atoms with van der Waals surface area (Å²) in [5, 5.41) is 3.51. The number of fused-ring (bicyclic) bond motifs is 8. The Labute approximate surface area is 343 Å². The lowest BCUT2D eigenvalue weighted by Crippen LogP contribution is -2.13. The molecule has 59 heavy (non-hydrogen) atoms. The fourth-order valence-corrected chi connectivity index (χ4v) is 8.61. The number of para-hydroxylation sites is 3. The molecule has 0 N–H and O–H groups in total. The fourth-order valence-electron chi connectivity index (χ4n) is 8.61. The smallest absolute Gasteiger partial charge is 0.146 e. The highest BCUT2D eigenvalue weighted by atomic mass is 15.2. The van der Waals surface area contributed by atoms with Gasteiger partial charge < -0.3 is 4.90 Å². The molecule has 0 spiro atoms. The van der Waals surface area contributed by atoms with E-state index in [0.29, 0.717) is 0 Å². The van der Waals surface area contributed by atoms with Crippen molar-refractivity contribution in [2.24, 2.45) is 0 Å². The maximum Gasteiger partial charge on any atom is 0.146 e. The summed E-state index contributed by atoms with van der Waals surface area (Å²) in [7, 11) is 2.13. The van der Waals surface area contributed by atoms with E-state index in [9.17, 15) is 0 Å². The Kier molecular flexibility index (Phi) is 8.34. The van der Waals surface area contributed by atoms with Crippen LogP contribution in [0.15, 0.2) is 212 Å². The summed E-state index contributed by atoms with van der Waals surface area (Å²) in [4.78, 5) is 12.7. The number of aromatic nitrogens is 3. The molecule has 278 valence electrons. The maximum atomic E-state index is 5.42. The predicted octanol–water partition coefficient (Wildman–Crippen LogP) is 14.3. The van der Waals surface area contributed by atoms with Gasteiger partial charge in [-0.25, -0.2) is 9.97 Å². The molecule has 3 aromatic heterocycles. The molecule has 0 bridgehead atoms. The van der Waals surface area contributed by atoms with Crippen molar-refractivity contribution in [3.05, 3.63) is 212 Å². The van der Waals surface area contributed by atoms with Crippen LogP contribution in [0.3, 0.4) is 0 Å². The number of rotatable bonds is 7. The van der Waals surface area contributed by atoms with E-state index in [1.54, 1.807) is 0 Å². The van der Waals surface area contributed by atoms with Gasteiger partial charge in [-0.15, -0.1) is 0 Å². The van der Waals surface area contributed by atoms with Crippen LogP contribution in [0.2, 0.25) is 0 Å². The zero-order valence-electron chi connectivity index (χ0n) is 32.5. The molecule has 11 rings (SSSR count). The van der Waals surface area contributed by atoms with E-state index in [1.165, 1.54) is 27.5 Å². The highest BCUT2D eigenvalue weighted by Gasteiger charge is 2.18. The van der Waals surface area contributed by atoms with Crippen LogP contribution in [-0.2, 0) is 0 Å². The summed E-state index contributed by atoms with van der Waals surface area (Å²) in [6, 6.07) is 75.6. The van der Waals surface area contributed by atoms with Crippen molar-refractivity contribution in [2.75, 3.05) is 11.9 Å². The van der Waals surface area contributed by atoms with Crippen LogP contribution >= 0.6 is 0 Å². The van der Waals surface area contributed by atoms with Crippen molar-refractivity contribution < 1.29 is 0 Å². The van der Waals surface area contributed by atoms with Crippen molar-refractivity contribution in [3.63, 3.8) is 0 Å². The predicted molar refractivity (Wildman–Crippen MR) is 247 cm³/mol. The number of benzene rings is 8. The van der Waals surface area contributed by atoms with Crippen molar-refractivity contribution in [3.8, 4) is 55.8 Å². The van der Waals surface area contributed by atoms with Crippen LogP contribution in [0.25, 0.3) is 94.1 Å². The Morgan fingerprint density at radius 3 is 1.73 bits per heavy atom. The average molecular weight is 755 g/mol. The zero-order valence-corrected chi connectivity index (χ0v) is 32.5. The molecule has 0 aliphatic heterocycles. The molecule has 4 nitrogen and oxygen atoms in total. The molecule has 8 aromatic carbocycles. The number of hydrogen-bond acceptors (Lipinski definition) is 3. The molecule has 11 aromatic rings. The van der Waals surface area contributed by atoms with Gasteiger partial charge in [-0.2, -0.15) is 0 Å². The van der Waals surface area contributed by atoms with Gasteiger partial charge >= 0.3 is 0 Å². The first-order valence-electron chi connectivity index (χ1n) is 20.0. The van der Waals surface area contributed by atoms with Crippen molar-refractivity contribution >= 4 is 49.9 Å². The van der Waals surface area contributed by atoms with Crippen LogP contribution in [0.4, 0.5) is 11.5 Å². The SMILES string of the molecule is CN(c1cc(-c2cccc(-c3ccccc3)c2)cc(-c2cccc(-c3ccccc3)c2)n1)c1ccccc1-c1ccc2c(c1)c1ccccc1c1nc3ccccc3n21. The lowest BCUT2D eigenvalue weighted by Gasteiger charge is -2.24. The zero-order chi connectivity index (χ0) is 39.3. The summed E-state index contributed by atoms with van der Waals surface area (Å²) < 4.78 is 2.31. The second-order valence-corrected chi connectivity index (χ2v) is 15.1. The van der Waals surface area contributed by atoms with E-state index >= 15 is 0 Å². The van der Waals surface area contributed by atoms with Gasteiger partial charge in [0.2, 0.25) is 0 Å². The molecule has 0 atom stereocenters. The Balaban J connectivity index is 1.07. The number of hydrogen-bond donors (Lipinski definition) is 0. The van der Waals surface area contributed by atoms with Gasteiger partial charge in [0.25, 0.3) is 0 Å². The van der Waals surface area contributed by atoms with Crippen LogP contribution in [0.1, 0.15) is 0 Å². The third-order valence-electron chi connectivity index (χ3n) is 11.6. The van der Waals surface area contributed by atoms with E-state index in [1.807, 2.05) is 0 Å². The molecule has 0 saturated heterocycles. The third kappa shape index (κ3) is 6.10. The quantitative estimate of drug-likeness (QED) is 0.152. The Bertz CT molecular complexity index is 3250. The number of imidazole rings is 1. The second-order valence-electron chi connectivity index (χ2n) is 15.1. The van der Waals surface area contributed by atoms with E-state index in [-0.39, 0.29) is 0 Å². The van der Waals surface area contributed by atoms with Crippen molar-refractivity contribution in [1.82, 2.24) is 14.4 Å². The second kappa shape index (κ2) is 14.3. The minimum absolute atomic E-state index is 0.859. The largest absolute Gasteiger partial charge is 0.329 e. The molecule has 0 fully saturated rings. The molecule has 3 heterocycles. The minimum atomic E-state index is 0.859. The van der Waals surface area contributed by atoms with Gasteiger partial charge in [0.15, 0.2) is 0 Å². The number of nitrogens with zero attached hydrogens (tertiary/aromatic N) is 4. The van der Waals surface area contributed by atoms with Gasteiger partial charge in [-0.3, -0.25) is 4.40 Å². The molecule has 0 radical (unpaired) electrons. The van der Waals surface area contributed by atoms with Gasteiger partial charge in [-0.05, 0) is 98.9 Å². The van der Waals surface area contributed by atoms with E-state index in [4.69, 9.17) is 9.97 Å². The summed E-state index contributed by atoms with van der Waals surface area (Å²) in [6.45, 7) is 0. The third-order valence-corrected chi connectivity index (χ3v) is 11.6. The molecular weight excluding hydrogens is 717 g/mol. The van der Waals surface area contributed by atoms with Crippen LogP contribution in [0, 0.1) is 0 Å². The van der Waals surface area contributed by atoms with Crippen LogP contribution in [-0.4, -0.2) is 21.4 Å². The standard InChI is InChI=1S/C55H38N4/c1-58(51-28-12-10-24-45(51)42-30-31-52-48(34-42)46-25-8-9-26-47(46)55-57-49-27-11-13-29-53(49)59(52)55)54-36-44(41-22-14-20-39(32-41)37-16-4-2-5-17-37)35-50(56-54)43-23-15-21-40(33-43)38-18-6-3-7-19-38/h2-36H,1H3. The van der Waals surface area contributed by atoms with Crippen molar-refractivity contribution in [1.29, 1.82) is 0 Å². The molecule has 0 saturated carbocycles. The maximum absolute atomic E-state index is 5.42. The first-order valence-corrected chi connectivity index (χ1v) is 20.0. The van der Waals surface area contributed by atoms with Crippen LogP contribution < -0.4 is 4.90 Å². The molecular formula is C55H38N4. The van der Waals surface area contributed by atoms with Crippen molar-refractivity contribution in [2.45, 2.75) is 0 Å². The first kappa shape index (κ1) is 34.4. The lowest BCUT2D eigenvalue weighted by molar-refractivity contribution is 1.13. The molecule has 0 aliphatic carbocycles. The molecule has 0 unspecified atom stereocenters. The minimum Gasteiger partial charge on any atom is -0.329 e. The summed E-state index contributed by atoms with van der Waals surface area (Å²) in [6.07, 6.45) is 0. The van der Waals surface area contributed by atoms with E-state index < -0.39 is 0 Å². The van der Waals surface area contributed by atoms with E-state index in [0.717, 1.165) is 78.2 Å². The first-order chi connectivity index (χ1) is 29.2. The van der Waals surface area contributed by atoms with E-state index in [2.05, 4.69) is 229 Å². The molecule has 0 amide bonds. The summed E-state index contributed by atoms with van der Waals surface area (Å²) in [5.41, 5.74) is 16.5. The Morgan fingerprint density at radius 2 is 0.966 bits per heavy atom. The van der Waals surface area contributed by atoms with Gasteiger partial charge in [-0.1, -0.05) is 158 Å². The summed E-state index contributed by atoms with van der Waals surface area (Å²) in [5.74, 6) is 0.859. The van der Waals surface area contributed by atoms with Crippen LogP contribution in [0.5, 0.6) is 0 Å². The average Bonchev–Trinajstić information content (AvgIpc) is 3.72. The van der Waals surface area contributed by atoms with Gasteiger partial charge in [0, 0.05) is 34.6 Å². The number of anilines is 2. The normalized spacial score (nSPS) is 11.5.